The molecule has 0 aromatic heterocycles. The maximum Gasteiger partial charge on any atom is 0.322 e. The molecule has 0 amide bonds. The summed E-state index contributed by atoms with van der Waals surface area (Å²) in [6.45, 7) is 1.98. The monoisotopic (exact) mass is 210 g/mol. The summed E-state index contributed by atoms with van der Waals surface area (Å²) in [5.41, 5.74) is -1.83. The molecule has 1 rings (SSSR count). The first-order valence-electron chi connectivity index (χ1n) is 3.93. The first kappa shape index (κ1) is 10.9. The van der Waals surface area contributed by atoms with Crippen LogP contribution in [0.5, 0.6) is 0 Å². The molecule has 1 saturated heterocycles. The molecule has 1 fully saturated rings. The molecule has 1 radical (unpaired) electrons. The number of nitrogens with zero attached hydrogens (tertiary/aromatic N) is 1. The zero-order valence-corrected chi connectivity index (χ0v) is 7.87. The second-order valence-corrected chi connectivity index (χ2v) is 4.39. The molecule has 0 saturated carbocycles. The fraction of sp³-hybridized carbons (Fsp3) is 1.00. The van der Waals surface area contributed by atoms with Gasteiger partial charge in [-0.1, -0.05) is 4.55 Å². The second kappa shape index (κ2) is 4.34. The molecule has 13 heavy (non-hydrogen) atoms. The van der Waals surface area contributed by atoms with Crippen molar-refractivity contribution in [1.29, 1.82) is 0 Å². The van der Waals surface area contributed by atoms with Gasteiger partial charge in [0.05, 0.1) is 13.2 Å². The Hall–Kier alpha value is -0.210. The van der Waals surface area contributed by atoms with E-state index in [2.05, 4.69) is 0 Å². The van der Waals surface area contributed by atoms with E-state index in [9.17, 15) is 13.0 Å². The molecule has 6 nitrogen and oxygen atoms in total. The summed E-state index contributed by atoms with van der Waals surface area (Å²) in [6.07, 6.45) is 0. The highest BCUT2D eigenvalue weighted by Gasteiger charge is 2.25. The second-order valence-electron chi connectivity index (χ2n) is 2.86. The molecule has 0 aromatic carbocycles. The summed E-state index contributed by atoms with van der Waals surface area (Å²) >= 11 is 0. The summed E-state index contributed by atoms with van der Waals surface area (Å²) in [6, 6.07) is 0. The van der Waals surface area contributed by atoms with Crippen molar-refractivity contribution in [3.8, 4) is 0 Å². The van der Waals surface area contributed by atoms with Crippen LogP contribution in [0.15, 0.2) is 0 Å². The minimum atomic E-state index is -4.58. The average Bonchev–Trinajstić information content (AvgIpc) is 2.04. The molecule has 0 spiro atoms. The topological polar surface area (TPSA) is 86.7 Å². The third-order valence-electron chi connectivity index (χ3n) is 1.85. The Bertz CT molecular complexity index is 246. The van der Waals surface area contributed by atoms with Gasteiger partial charge in [0.25, 0.3) is 0 Å². The Morgan fingerprint density at radius 1 is 1.38 bits per heavy atom. The van der Waals surface area contributed by atoms with Crippen LogP contribution in [-0.4, -0.2) is 56.7 Å². The van der Waals surface area contributed by atoms with E-state index in [1.54, 1.807) is 4.90 Å². The van der Waals surface area contributed by atoms with Crippen molar-refractivity contribution in [3.05, 3.63) is 0 Å². The molecule has 7 heteroatoms. The van der Waals surface area contributed by atoms with Gasteiger partial charge < -0.3 is 9.84 Å². The van der Waals surface area contributed by atoms with Gasteiger partial charge in [-0.2, -0.15) is 8.42 Å². The van der Waals surface area contributed by atoms with Gasteiger partial charge >= 0.3 is 10.1 Å². The molecule has 1 aliphatic heterocycles. The van der Waals surface area contributed by atoms with Gasteiger partial charge in [-0.25, -0.2) is 0 Å². The number of hydrogen-bond donors (Lipinski definition) is 1. The minimum Gasteiger partial charge on any atom is -0.379 e. The highest BCUT2D eigenvalue weighted by Crippen LogP contribution is 2.02. The number of rotatable bonds is 3. The van der Waals surface area contributed by atoms with Gasteiger partial charge in [-0.05, 0) is 0 Å². The van der Waals surface area contributed by atoms with Crippen LogP contribution in [0.2, 0.25) is 0 Å². The summed E-state index contributed by atoms with van der Waals surface area (Å²) in [7, 11) is -4.58. The maximum atomic E-state index is 10.3. The van der Waals surface area contributed by atoms with Gasteiger partial charge in [-0.15, -0.1) is 0 Å². The Kier molecular flexibility index (Phi) is 3.63. The van der Waals surface area contributed by atoms with E-state index in [-0.39, 0.29) is 6.54 Å². The van der Waals surface area contributed by atoms with E-state index in [1.807, 2.05) is 0 Å². The molecular weight excluding hydrogens is 198 g/mol. The first-order valence-corrected chi connectivity index (χ1v) is 5.40. The van der Waals surface area contributed by atoms with E-state index in [0.29, 0.717) is 26.3 Å². The lowest BCUT2D eigenvalue weighted by atomic mass is 10.4. The zero-order valence-electron chi connectivity index (χ0n) is 7.05. The van der Waals surface area contributed by atoms with Gasteiger partial charge in [0.2, 0.25) is 0 Å². The number of aliphatic hydroxyl groups is 1. The molecule has 1 heterocycles. The largest absolute Gasteiger partial charge is 0.379 e. The third-order valence-corrected chi connectivity index (χ3v) is 2.67. The van der Waals surface area contributed by atoms with Crippen LogP contribution in [0, 0.1) is 0 Å². The predicted molar refractivity (Wildman–Crippen MR) is 42.9 cm³/mol. The standard InChI is InChI=1S/C6H12NO5S/c8-6(13(9,10)11)5-7-1-3-12-4-2-7/h6,8H,1-5H2. The van der Waals surface area contributed by atoms with Crippen molar-refractivity contribution in [2.75, 3.05) is 32.8 Å². The normalized spacial score (nSPS) is 22.9. The Balaban J connectivity index is 2.39. The summed E-state index contributed by atoms with van der Waals surface area (Å²) in [5, 5.41) is 8.96. The number of hydrogen-bond acceptors (Lipinski definition) is 5. The molecule has 1 N–H and O–H groups in total. The van der Waals surface area contributed by atoms with E-state index in [4.69, 9.17) is 9.84 Å². The van der Waals surface area contributed by atoms with Crippen molar-refractivity contribution in [2.45, 2.75) is 5.44 Å². The summed E-state index contributed by atoms with van der Waals surface area (Å²) in [5.74, 6) is 0. The van der Waals surface area contributed by atoms with E-state index in [0.717, 1.165) is 0 Å². The van der Waals surface area contributed by atoms with Gasteiger partial charge in [-0.3, -0.25) is 4.90 Å². The lowest BCUT2D eigenvalue weighted by Crippen LogP contribution is -2.42. The average molecular weight is 210 g/mol. The van der Waals surface area contributed by atoms with Crippen molar-refractivity contribution in [3.63, 3.8) is 0 Å². The molecule has 0 bridgehead atoms. The summed E-state index contributed by atoms with van der Waals surface area (Å²) < 4.78 is 36.0. The third kappa shape index (κ3) is 3.57. The van der Waals surface area contributed by atoms with Crippen LogP contribution in [0.4, 0.5) is 0 Å². The van der Waals surface area contributed by atoms with E-state index < -0.39 is 15.6 Å². The molecule has 77 valence electrons. The quantitative estimate of drug-likeness (QED) is 0.606. The van der Waals surface area contributed by atoms with E-state index in [1.165, 1.54) is 0 Å². The van der Waals surface area contributed by atoms with Crippen molar-refractivity contribution in [2.24, 2.45) is 0 Å². The van der Waals surface area contributed by atoms with Crippen molar-refractivity contribution in [1.82, 2.24) is 4.90 Å². The Labute approximate surface area is 76.9 Å². The smallest absolute Gasteiger partial charge is 0.322 e. The highest BCUT2D eigenvalue weighted by atomic mass is 32.2. The lowest BCUT2D eigenvalue weighted by Gasteiger charge is -2.27. The first-order chi connectivity index (χ1) is 6.00. The van der Waals surface area contributed by atoms with Gasteiger partial charge in [0.15, 0.2) is 5.44 Å². The maximum absolute atomic E-state index is 10.3. The molecule has 1 unspecified atom stereocenters. The fourth-order valence-electron chi connectivity index (χ4n) is 1.10. The molecule has 1 atom stereocenters. The van der Waals surface area contributed by atoms with Crippen LogP contribution in [0.1, 0.15) is 0 Å². The van der Waals surface area contributed by atoms with Gasteiger partial charge in [0.1, 0.15) is 0 Å². The van der Waals surface area contributed by atoms with Crippen molar-refractivity contribution >= 4 is 10.1 Å². The lowest BCUT2D eigenvalue weighted by molar-refractivity contribution is 0.0247. The minimum absolute atomic E-state index is 0.130. The highest BCUT2D eigenvalue weighted by molar-refractivity contribution is 7.86. The van der Waals surface area contributed by atoms with E-state index >= 15 is 0 Å². The molecular formula is C6H12NO5S. The van der Waals surface area contributed by atoms with Crippen LogP contribution in [0.25, 0.3) is 0 Å². The number of aliphatic hydroxyl groups excluding tert-OH is 1. The number of morpholine rings is 1. The van der Waals surface area contributed by atoms with Crippen LogP contribution in [0.3, 0.4) is 0 Å². The zero-order chi connectivity index (χ0) is 9.90. The Morgan fingerprint density at radius 3 is 2.38 bits per heavy atom. The molecule has 1 aliphatic rings. The van der Waals surface area contributed by atoms with Crippen LogP contribution >= 0.6 is 0 Å². The molecule has 0 aliphatic carbocycles. The SMILES string of the molecule is [O]S(=O)(=O)C(O)CN1CCOCC1. The number of ether oxygens (including phenoxy) is 1. The number of β-amino-alcohol motifs (C(OH)–C–C–N with tert-alkyl or cyclic N) is 1. The fourth-order valence-corrected chi connectivity index (χ4v) is 1.49. The Morgan fingerprint density at radius 2 is 1.92 bits per heavy atom. The molecule has 0 aromatic rings. The predicted octanol–water partition coefficient (Wildman–Crippen LogP) is -1.60. The van der Waals surface area contributed by atoms with Gasteiger partial charge in [0, 0.05) is 19.6 Å². The summed E-state index contributed by atoms with van der Waals surface area (Å²) in [4.78, 5) is 1.68. The van der Waals surface area contributed by atoms with Crippen LogP contribution in [-0.2, 0) is 19.4 Å². The van der Waals surface area contributed by atoms with Crippen molar-refractivity contribution < 1.29 is 22.8 Å². The van der Waals surface area contributed by atoms with Crippen LogP contribution < -0.4 is 0 Å².